The van der Waals surface area contributed by atoms with E-state index in [2.05, 4.69) is 20.5 Å². The molecule has 200 valence electrons. The Morgan fingerprint density at radius 3 is 2.49 bits per heavy atom. The first-order chi connectivity index (χ1) is 18.9. The van der Waals surface area contributed by atoms with Crippen LogP contribution in [0.15, 0.2) is 60.3 Å². The fourth-order valence-corrected chi connectivity index (χ4v) is 4.54. The number of urea groups is 1. The number of hydrogen-bond acceptors (Lipinski definition) is 5. The molecule has 0 atom stereocenters. The zero-order valence-corrected chi connectivity index (χ0v) is 21.6. The summed E-state index contributed by atoms with van der Waals surface area (Å²) >= 11 is 0. The molecular formula is C29H29N5O5. The number of anilines is 1. The molecule has 4 rings (SSSR count). The lowest BCUT2D eigenvalue weighted by Crippen LogP contribution is -2.40. The van der Waals surface area contributed by atoms with E-state index in [0.29, 0.717) is 48.2 Å². The Bertz CT molecular complexity index is 1460. The van der Waals surface area contributed by atoms with Gasteiger partial charge in [0.2, 0.25) is 0 Å². The number of fused-ring (bicyclic) bond motifs is 1. The standard InChI is InChI=1S/C29H29N5O5/c1-3-39-24(35)12-15-31-29(38)33-23-11-7-10-21-22(18-32-26(21)23)27(36)28(37)34-16-13-20(14-17-34)25(30-2)19-8-5-4-6-9-19/h4-11,18,32H,3,12-17H2,1H3,(H2,31,33,38). The van der Waals surface area contributed by atoms with Gasteiger partial charge in [0.15, 0.2) is 5.70 Å². The number of carbonyl (C=O) groups is 4. The van der Waals surface area contributed by atoms with Crippen LogP contribution in [0.1, 0.15) is 42.1 Å². The third-order valence-electron chi connectivity index (χ3n) is 6.47. The zero-order valence-electron chi connectivity index (χ0n) is 21.6. The van der Waals surface area contributed by atoms with Crippen LogP contribution in [0.2, 0.25) is 0 Å². The van der Waals surface area contributed by atoms with Crippen molar-refractivity contribution in [3.8, 4) is 0 Å². The van der Waals surface area contributed by atoms with Gasteiger partial charge >= 0.3 is 12.0 Å². The Morgan fingerprint density at radius 2 is 1.79 bits per heavy atom. The molecule has 10 heteroatoms. The van der Waals surface area contributed by atoms with E-state index in [4.69, 9.17) is 11.3 Å². The molecular weight excluding hydrogens is 498 g/mol. The van der Waals surface area contributed by atoms with Crippen LogP contribution in [0.25, 0.3) is 21.4 Å². The van der Waals surface area contributed by atoms with Crippen molar-refractivity contribution >= 4 is 46.0 Å². The molecule has 1 fully saturated rings. The van der Waals surface area contributed by atoms with E-state index >= 15 is 0 Å². The maximum atomic E-state index is 13.2. The normalized spacial score (nSPS) is 12.9. The predicted molar refractivity (Wildman–Crippen MR) is 147 cm³/mol. The average Bonchev–Trinajstić information content (AvgIpc) is 3.39. The van der Waals surface area contributed by atoms with E-state index in [0.717, 1.165) is 11.1 Å². The molecule has 10 nitrogen and oxygen atoms in total. The number of hydrogen-bond donors (Lipinski definition) is 3. The van der Waals surface area contributed by atoms with Crippen molar-refractivity contribution in [1.82, 2.24) is 15.2 Å². The van der Waals surface area contributed by atoms with Crippen LogP contribution in [-0.4, -0.2) is 59.8 Å². The van der Waals surface area contributed by atoms with Gasteiger partial charge in [0.05, 0.1) is 36.4 Å². The lowest BCUT2D eigenvalue weighted by molar-refractivity contribution is -0.142. The van der Waals surface area contributed by atoms with Crippen LogP contribution in [0.4, 0.5) is 10.5 Å². The highest BCUT2D eigenvalue weighted by atomic mass is 16.5. The number of carbonyl (C=O) groups excluding carboxylic acids is 4. The molecule has 2 aromatic carbocycles. The molecule has 1 aliphatic heterocycles. The highest BCUT2D eigenvalue weighted by Gasteiger charge is 2.28. The number of nitrogens with zero attached hydrogens (tertiary/aromatic N) is 2. The lowest BCUT2D eigenvalue weighted by atomic mass is 9.97. The van der Waals surface area contributed by atoms with Gasteiger partial charge in [0.25, 0.3) is 11.7 Å². The van der Waals surface area contributed by atoms with Gasteiger partial charge in [0.1, 0.15) is 0 Å². The van der Waals surface area contributed by atoms with E-state index in [1.165, 1.54) is 11.1 Å². The molecule has 1 aliphatic rings. The summed E-state index contributed by atoms with van der Waals surface area (Å²) in [5, 5.41) is 5.80. The van der Waals surface area contributed by atoms with Gasteiger partial charge in [-0.05, 0) is 31.4 Å². The number of esters is 1. The third kappa shape index (κ3) is 6.33. The van der Waals surface area contributed by atoms with Crippen molar-refractivity contribution in [3.63, 3.8) is 0 Å². The second-order valence-electron chi connectivity index (χ2n) is 8.92. The summed E-state index contributed by atoms with van der Waals surface area (Å²) in [4.78, 5) is 58.3. The molecule has 1 saturated heterocycles. The van der Waals surface area contributed by atoms with Crippen LogP contribution < -0.4 is 10.6 Å². The summed E-state index contributed by atoms with van der Waals surface area (Å²) in [6.45, 7) is 10.4. The van der Waals surface area contributed by atoms with E-state index in [-0.39, 0.29) is 25.1 Å². The molecule has 3 aromatic rings. The van der Waals surface area contributed by atoms with Gasteiger partial charge in [-0.25, -0.2) is 9.64 Å². The van der Waals surface area contributed by atoms with Crippen molar-refractivity contribution in [1.29, 1.82) is 0 Å². The number of aromatic amines is 1. The average molecular weight is 528 g/mol. The quantitative estimate of drug-likeness (QED) is 0.174. The number of likely N-dealkylation sites (tertiary alicyclic amines) is 1. The molecule has 0 saturated carbocycles. The van der Waals surface area contributed by atoms with Crippen molar-refractivity contribution in [2.24, 2.45) is 0 Å². The number of para-hydroxylation sites is 1. The fraction of sp³-hybridized carbons (Fsp3) is 0.276. The van der Waals surface area contributed by atoms with E-state index in [1.807, 2.05) is 30.3 Å². The number of benzene rings is 2. The summed E-state index contributed by atoms with van der Waals surface area (Å²) in [5.41, 5.74) is 3.59. The molecule has 3 N–H and O–H groups in total. The number of piperidine rings is 1. The summed E-state index contributed by atoms with van der Waals surface area (Å²) < 4.78 is 4.83. The Balaban J connectivity index is 1.41. The van der Waals surface area contributed by atoms with Gasteiger partial charge in [0, 0.05) is 31.2 Å². The van der Waals surface area contributed by atoms with Crippen LogP contribution in [-0.2, 0) is 14.3 Å². The maximum Gasteiger partial charge on any atom is 0.319 e. The summed E-state index contributed by atoms with van der Waals surface area (Å²) in [7, 11) is 0. The number of nitrogens with one attached hydrogen (secondary N) is 3. The van der Waals surface area contributed by atoms with Crippen LogP contribution >= 0.6 is 0 Å². The second-order valence-corrected chi connectivity index (χ2v) is 8.92. The number of ketones is 1. The monoisotopic (exact) mass is 527 g/mol. The molecule has 0 radical (unpaired) electrons. The van der Waals surface area contributed by atoms with Crippen molar-refractivity contribution in [2.45, 2.75) is 26.2 Å². The topological polar surface area (TPSA) is 125 Å². The van der Waals surface area contributed by atoms with Gasteiger partial charge in [-0.3, -0.25) is 14.4 Å². The van der Waals surface area contributed by atoms with Crippen LogP contribution in [0, 0.1) is 6.57 Å². The van der Waals surface area contributed by atoms with E-state index in [1.54, 1.807) is 25.1 Å². The van der Waals surface area contributed by atoms with Gasteiger partial charge in [-0.15, -0.1) is 0 Å². The molecule has 3 amide bonds. The van der Waals surface area contributed by atoms with Crippen molar-refractivity contribution < 1.29 is 23.9 Å². The smallest absolute Gasteiger partial charge is 0.319 e. The Kier molecular flexibility index (Phi) is 8.74. The van der Waals surface area contributed by atoms with Gasteiger partial charge in [-0.2, -0.15) is 0 Å². The number of aromatic nitrogens is 1. The number of ether oxygens (including phenoxy) is 1. The van der Waals surface area contributed by atoms with Gasteiger partial charge in [-0.1, -0.05) is 48.0 Å². The predicted octanol–water partition coefficient (Wildman–Crippen LogP) is 4.38. The molecule has 2 heterocycles. The molecule has 0 bridgehead atoms. The first-order valence-corrected chi connectivity index (χ1v) is 12.7. The summed E-state index contributed by atoms with van der Waals surface area (Å²) in [5.74, 6) is -1.65. The molecule has 0 spiro atoms. The Morgan fingerprint density at radius 1 is 1.05 bits per heavy atom. The van der Waals surface area contributed by atoms with E-state index < -0.39 is 23.7 Å². The fourth-order valence-electron chi connectivity index (χ4n) is 4.54. The minimum absolute atomic E-state index is 0.0496. The summed E-state index contributed by atoms with van der Waals surface area (Å²) in [6.07, 6.45) is 2.57. The lowest BCUT2D eigenvalue weighted by Gasteiger charge is -2.28. The first kappa shape index (κ1) is 27.1. The number of Topliss-reactive ketones (excluding diaryl/α,β-unsaturated/α-hetero) is 1. The largest absolute Gasteiger partial charge is 0.466 e. The Labute approximate surface area is 225 Å². The third-order valence-corrected chi connectivity index (χ3v) is 6.47. The number of amides is 3. The van der Waals surface area contributed by atoms with Gasteiger partial charge < -0.3 is 25.3 Å². The molecule has 1 aromatic heterocycles. The highest BCUT2D eigenvalue weighted by molar-refractivity contribution is 6.45. The Hall–Kier alpha value is -4.91. The maximum absolute atomic E-state index is 13.2. The summed E-state index contributed by atoms with van der Waals surface area (Å²) in [6, 6.07) is 14.0. The highest BCUT2D eigenvalue weighted by Crippen LogP contribution is 2.29. The minimum atomic E-state index is -0.641. The number of rotatable bonds is 8. The van der Waals surface area contributed by atoms with Crippen LogP contribution in [0.3, 0.4) is 0 Å². The van der Waals surface area contributed by atoms with E-state index in [9.17, 15) is 19.2 Å². The second kappa shape index (κ2) is 12.6. The van der Waals surface area contributed by atoms with Crippen LogP contribution in [0.5, 0.6) is 0 Å². The molecule has 0 unspecified atom stereocenters. The SMILES string of the molecule is [C-]#[N+]C(=C1CCN(C(=O)C(=O)c2c[nH]c3c(NC(=O)NCCC(=O)OCC)cccc23)CC1)c1ccccc1. The number of H-pyrrole nitrogens is 1. The first-order valence-electron chi connectivity index (χ1n) is 12.7. The van der Waals surface area contributed by atoms with Crippen molar-refractivity contribution in [3.05, 3.63) is 82.8 Å². The minimum Gasteiger partial charge on any atom is -0.466 e. The molecule has 0 aliphatic carbocycles. The zero-order chi connectivity index (χ0) is 27.8. The molecule has 39 heavy (non-hydrogen) atoms. The van der Waals surface area contributed by atoms with Crippen molar-refractivity contribution in [2.75, 3.05) is 31.6 Å².